The molecule has 0 unspecified atom stereocenters. The molecule has 0 fully saturated rings. The molecule has 0 amide bonds. The van der Waals surface area contributed by atoms with Gasteiger partial charge in [-0.3, -0.25) is 9.98 Å². The number of aryl methyl sites for hydroxylation is 1. The molecule has 0 spiro atoms. The first-order valence-corrected chi connectivity index (χ1v) is 5.52. The second-order valence-corrected chi connectivity index (χ2v) is 3.87. The molecule has 0 saturated carbocycles. The van der Waals surface area contributed by atoms with E-state index in [9.17, 15) is 0 Å². The van der Waals surface area contributed by atoms with Crippen molar-refractivity contribution in [2.75, 3.05) is 0 Å². The summed E-state index contributed by atoms with van der Waals surface area (Å²) in [5, 5.41) is 0. The number of pyridine rings is 1. The molecule has 2 aromatic rings. The van der Waals surface area contributed by atoms with E-state index >= 15 is 0 Å². The number of nitrogens with zero attached hydrogens (tertiary/aromatic N) is 2. The van der Waals surface area contributed by atoms with Crippen molar-refractivity contribution in [3.8, 4) is 0 Å². The van der Waals surface area contributed by atoms with Crippen LogP contribution in [0.1, 0.15) is 16.7 Å². The van der Waals surface area contributed by atoms with Gasteiger partial charge in [0, 0.05) is 18.0 Å². The fraction of sp³-hybridized carbons (Fsp3) is 0.143. The first-order chi connectivity index (χ1) is 8.27. The van der Waals surface area contributed by atoms with Gasteiger partial charge in [0.05, 0.1) is 6.54 Å². The van der Waals surface area contributed by atoms with Crippen LogP contribution < -0.4 is 5.73 Å². The highest BCUT2D eigenvalue weighted by atomic mass is 14.8. The van der Waals surface area contributed by atoms with Crippen LogP contribution in [0.3, 0.4) is 0 Å². The summed E-state index contributed by atoms with van der Waals surface area (Å²) in [5.74, 6) is 0.571. The molecule has 0 atom stereocenters. The molecule has 3 nitrogen and oxygen atoms in total. The highest BCUT2D eigenvalue weighted by Crippen LogP contribution is 2.07. The van der Waals surface area contributed by atoms with Crippen molar-refractivity contribution in [2.45, 2.75) is 13.5 Å². The molecule has 0 radical (unpaired) electrons. The van der Waals surface area contributed by atoms with Crippen LogP contribution in [-0.4, -0.2) is 10.8 Å². The minimum absolute atomic E-state index is 0.571. The first kappa shape index (κ1) is 11.3. The second-order valence-electron chi connectivity index (χ2n) is 3.87. The molecule has 0 aliphatic rings. The van der Waals surface area contributed by atoms with Crippen LogP contribution in [-0.2, 0) is 6.54 Å². The third-order valence-corrected chi connectivity index (χ3v) is 2.63. The molecule has 86 valence electrons. The number of aliphatic imine (C=N–C) groups is 1. The van der Waals surface area contributed by atoms with Crippen LogP contribution in [0.5, 0.6) is 0 Å². The van der Waals surface area contributed by atoms with Crippen molar-refractivity contribution in [3.05, 3.63) is 65.5 Å². The van der Waals surface area contributed by atoms with E-state index < -0.39 is 0 Å². The lowest BCUT2D eigenvalue weighted by atomic mass is 10.1. The molecule has 2 rings (SSSR count). The third-order valence-electron chi connectivity index (χ3n) is 2.63. The van der Waals surface area contributed by atoms with Crippen LogP contribution >= 0.6 is 0 Å². The Bertz CT molecular complexity index is 518. The molecule has 2 N–H and O–H groups in total. The minimum atomic E-state index is 0.571. The number of aromatic nitrogens is 1. The number of benzene rings is 1. The predicted molar refractivity (Wildman–Crippen MR) is 69.8 cm³/mol. The SMILES string of the molecule is Cc1cnccc1CN=C(N)c1ccccc1. The van der Waals surface area contributed by atoms with E-state index in [1.165, 1.54) is 0 Å². The quantitative estimate of drug-likeness (QED) is 0.643. The monoisotopic (exact) mass is 225 g/mol. The average Bonchev–Trinajstić information content (AvgIpc) is 2.38. The Kier molecular flexibility index (Phi) is 3.50. The maximum Gasteiger partial charge on any atom is 0.125 e. The summed E-state index contributed by atoms with van der Waals surface area (Å²) in [5.41, 5.74) is 9.17. The fourth-order valence-electron chi connectivity index (χ4n) is 1.55. The summed E-state index contributed by atoms with van der Waals surface area (Å²) in [7, 11) is 0. The maximum absolute atomic E-state index is 5.93. The van der Waals surface area contributed by atoms with Crippen LogP contribution in [0.15, 0.2) is 53.8 Å². The van der Waals surface area contributed by atoms with Gasteiger partial charge in [-0.2, -0.15) is 0 Å². The molecule has 1 heterocycles. The summed E-state index contributed by atoms with van der Waals surface area (Å²) in [6.07, 6.45) is 3.61. The Morgan fingerprint density at radius 3 is 2.71 bits per heavy atom. The maximum atomic E-state index is 5.93. The van der Waals surface area contributed by atoms with E-state index in [1.54, 1.807) is 6.20 Å². The number of hydrogen-bond donors (Lipinski definition) is 1. The molecule has 0 bridgehead atoms. The Morgan fingerprint density at radius 1 is 1.24 bits per heavy atom. The van der Waals surface area contributed by atoms with Gasteiger partial charge >= 0.3 is 0 Å². The molecule has 1 aromatic carbocycles. The largest absolute Gasteiger partial charge is 0.383 e. The Hall–Kier alpha value is -2.16. The van der Waals surface area contributed by atoms with Crippen molar-refractivity contribution in [1.29, 1.82) is 0 Å². The van der Waals surface area contributed by atoms with Gasteiger partial charge in [0.1, 0.15) is 5.84 Å². The molecule has 3 heteroatoms. The van der Waals surface area contributed by atoms with E-state index in [0.717, 1.165) is 16.7 Å². The molecule has 0 aliphatic carbocycles. The van der Waals surface area contributed by atoms with Gasteiger partial charge in [0.25, 0.3) is 0 Å². The third kappa shape index (κ3) is 2.91. The van der Waals surface area contributed by atoms with Gasteiger partial charge in [-0.15, -0.1) is 0 Å². The zero-order valence-electron chi connectivity index (χ0n) is 9.80. The first-order valence-electron chi connectivity index (χ1n) is 5.52. The molecule has 0 saturated heterocycles. The van der Waals surface area contributed by atoms with E-state index in [-0.39, 0.29) is 0 Å². The minimum Gasteiger partial charge on any atom is -0.383 e. The molecule has 1 aromatic heterocycles. The van der Waals surface area contributed by atoms with Crippen molar-refractivity contribution >= 4 is 5.84 Å². The Labute approximate surface area is 101 Å². The molecule has 17 heavy (non-hydrogen) atoms. The summed E-state index contributed by atoms with van der Waals surface area (Å²) in [6, 6.07) is 11.8. The van der Waals surface area contributed by atoms with Gasteiger partial charge in [-0.25, -0.2) is 0 Å². The number of hydrogen-bond acceptors (Lipinski definition) is 2. The van der Waals surface area contributed by atoms with Crippen LogP contribution in [0.4, 0.5) is 0 Å². The Morgan fingerprint density at radius 2 is 2.00 bits per heavy atom. The van der Waals surface area contributed by atoms with Gasteiger partial charge < -0.3 is 5.73 Å². The summed E-state index contributed by atoms with van der Waals surface area (Å²) in [6.45, 7) is 2.62. The highest BCUT2D eigenvalue weighted by Gasteiger charge is 1.98. The van der Waals surface area contributed by atoms with E-state index in [1.807, 2.05) is 49.5 Å². The zero-order valence-corrected chi connectivity index (χ0v) is 9.80. The average molecular weight is 225 g/mol. The topological polar surface area (TPSA) is 51.3 Å². The predicted octanol–water partition coefficient (Wildman–Crippen LogP) is 2.30. The summed E-state index contributed by atoms with van der Waals surface area (Å²) >= 11 is 0. The van der Waals surface area contributed by atoms with Crippen LogP contribution in [0, 0.1) is 6.92 Å². The molecular formula is C14H15N3. The lowest BCUT2D eigenvalue weighted by Gasteiger charge is -2.03. The van der Waals surface area contributed by atoms with Crippen molar-refractivity contribution in [2.24, 2.45) is 10.7 Å². The second kappa shape index (κ2) is 5.25. The number of amidine groups is 1. The lowest BCUT2D eigenvalue weighted by Crippen LogP contribution is -2.13. The standard InChI is InChI=1S/C14H15N3/c1-11-9-16-8-7-13(11)10-17-14(15)12-5-3-2-4-6-12/h2-9H,10H2,1H3,(H2,15,17). The normalized spacial score (nSPS) is 11.5. The number of rotatable bonds is 3. The highest BCUT2D eigenvalue weighted by molar-refractivity contribution is 5.97. The van der Waals surface area contributed by atoms with Gasteiger partial charge in [0.15, 0.2) is 0 Å². The van der Waals surface area contributed by atoms with Gasteiger partial charge in [0.2, 0.25) is 0 Å². The van der Waals surface area contributed by atoms with E-state index in [4.69, 9.17) is 5.73 Å². The smallest absolute Gasteiger partial charge is 0.125 e. The fourth-order valence-corrected chi connectivity index (χ4v) is 1.55. The summed E-state index contributed by atoms with van der Waals surface area (Å²) < 4.78 is 0. The van der Waals surface area contributed by atoms with E-state index in [0.29, 0.717) is 12.4 Å². The van der Waals surface area contributed by atoms with Gasteiger partial charge in [-0.05, 0) is 24.1 Å². The van der Waals surface area contributed by atoms with Crippen LogP contribution in [0.25, 0.3) is 0 Å². The van der Waals surface area contributed by atoms with E-state index in [2.05, 4.69) is 9.98 Å². The van der Waals surface area contributed by atoms with Crippen molar-refractivity contribution in [1.82, 2.24) is 4.98 Å². The number of nitrogens with two attached hydrogens (primary N) is 1. The zero-order chi connectivity index (χ0) is 12.1. The van der Waals surface area contributed by atoms with Crippen LogP contribution in [0.2, 0.25) is 0 Å². The van der Waals surface area contributed by atoms with Crippen molar-refractivity contribution < 1.29 is 0 Å². The Balaban J connectivity index is 2.14. The molecule has 0 aliphatic heterocycles. The van der Waals surface area contributed by atoms with Crippen molar-refractivity contribution in [3.63, 3.8) is 0 Å². The summed E-state index contributed by atoms with van der Waals surface area (Å²) in [4.78, 5) is 8.44. The lowest BCUT2D eigenvalue weighted by molar-refractivity contribution is 1.03. The molecular weight excluding hydrogens is 210 g/mol. The van der Waals surface area contributed by atoms with Gasteiger partial charge in [-0.1, -0.05) is 30.3 Å².